The van der Waals surface area contributed by atoms with Crippen LogP contribution in [0.4, 0.5) is 17.6 Å². The average Bonchev–Trinajstić information content (AvgIpc) is 3.47. The first kappa shape index (κ1) is 19.6. The van der Waals surface area contributed by atoms with E-state index in [1.165, 1.54) is 12.8 Å². The van der Waals surface area contributed by atoms with Crippen LogP contribution in [0.25, 0.3) is 22.2 Å². The Morgan fingerprint density at radius 3 is 2.73 bits per heavy atom. The van der Waals surface area contributed by atoms with Gasteiger partial charge in [0.15, 0.2) is 0 Å². The molecular formula is C25H23N7O. The van der Waals surface area contributed by atoms with Gasteiger partial charge in [0.05, 0.1) is 11.2 Å². The molecule has 1 saturated heterocycles. The normalized spacial score (nSPS) is 15.4. The van der Waals surface area contributed by atoms with E-state index >= 15 is 0 Å². The number of fused-ring (bicyclic) bond motifs is 2. The van der Waals surface area contributed by atoms with Crippen LogP contribution in [-0.2, 0) is 6.54 Å². The van der Waals surface area contributed by atoms with Crippen molar-refractivity contribution in [3.63, 3.8) is 0 Å². The molecule has 2 aliphatic rings. The molecule has 0 spiro atoms. The lowest BCUT2D eigenvalue weighted by Gasteiger charge is -2.15. The molecule has 33 heavy (non-hydrogen) atoms. The van der Waals surface area contributed by atoms with Crippen molar-refractivity contribution >= 4 is 34.4 Å². The summed E-state index contributed by atoms with van der Waals surface area (Å²) in [4.78, 5) is 34.5. The maximum absolute atomic E-state index is 12.1. The molecule has 8 nitrogen and oxygen atoms in total. The van der Waals surface area contributed by atoms with E-state index in [2.05, 4.69) is 26.3 Å². The number of carbonyl (C=O) groups is 1. The second-order valence-corrected chi connectivity index (χ2v) is 8.56. The highest BCUT2D eigenvalue weighted by Gasteiger charge is 2.24. The van der Waals surface area contributed by atoms with Crippen molar-refractivity contribution in [2.24, 2.45) is 0 Å². The number of nitrogens with one attached hydrogen (secondary N) is 1. The molecule has 0 aliphatic carbocycles. The monoisotopic (exact) mass is 437 g/mol. The number of aromatic nitrogens is 4. The number of hydrogen-bond donors (Lipinski definition) is 1. The van der Waals surface area contributed by atoms with E-state index in [1.807, 2.05) is 49.6 Å². The van der Waals surface area contributed by atoms with E-state index in [0.29, 0.717) is 12.5 Å². The molecule has 1 N–H and O–H groups in total. The molecule has 4 heterocycles. The lowest BCUT2D eigenvalue weighted by molar-refractivity contribution is 0.0816. The average molecular weight is 438 g/mol. The van der Waals surface area contributed by atoms with Gasteiger partial charge in [-0.3, -0.25) is 4.79 Å². The topological polar surface area (TPSA) is 87.1 Å². The van der Waals surface area contributed by atoms with Gasteiger partial charge >= 0.3 is 0 Å². The van der Waals surface area contributed by atoms with E-state index in [9.17, 15) is 4.79 Å². The van der Waals surface area contributed by atoms with Gasteiger partial charge in [-0.25, -0.2) is 19.9 Å². The molecule has 0 radical (unpaired) electrons. The summed E-state index contributed by atoms with van der Waals surface area (Å²) in [5, 5.41) is 4.25. The Balaban J connectivity index is 1.26. The molecule has 6 rings (SSSR count). The Morgan fingerprint density at radius 2 is 1.85 bits per heavy atom. The zero-order valence-corrected chi connectivity index (χ0v) is 18.3. The molecule has 164 valence electrons. The number of hydrogen-bond acceptors (Lipinski definition) is 7. The predicted octanol–water partition coefficient (Wildman–Crippen LogP) is 4.02. The maximum atomic E-state index is 12.1. The second-order valence-electron chi connectivity index (χ2n) is 8.56. The van der Waals surface area contributed by atoms with Crippen LogP contribution >= 0.6 is 0 Å². The molecule has 2 aliphatic heterocycles. The van der Waals surface area contributed by atoms with E-state index in [0.717, 1.165) is 58.0 Å². The van der Waals surface area contributed by atoms with Crippen molar-refractivity contribution < 1.29 is 4.79 Å². The first-order valence-corrected chi connectivity index (χ1v) is 11.1. The van der Waals surface area contributed by atoms with Gasteiger partial charge < -0.3 is 15.1 Å². The highest BCUT2D eigenvalue weighted by Crippen LogP contribution is 2.27. The molecule has 2 aromatic carbocycles. The van der Waals surface area contributed by atoms with Gasteiger partial charge in [-0.05, 0) is 54.8 Å². The molecule has 2 aromatic heterocycles. The van der Waals surface area contributed by atoms with Crippen molar-refractivity contribution in [3.05, 3.63) is 66.0 Å². The molecule has 8 heteroatoms. The van der Waals surface area contributed by atoms with Crippen molar-refractivity contribution in [1.29, 1.82) is 0 Å². The van der Waals surface area contributed by atoms with Crippen LogP contribution in [0.2, 0.25) is 0 Å². The van der Waals surface area contributed by atoms with E-state index in [1.54, 1.807) is 11.1 Å². The second kappa shape index (κ2) is 7.81. The molecule has 1 amide bonds. The third-order valence-electron chi connectivity index (χ3n) is 6.25. The first-order valence-electron chi connectivity index (χ1n) is 11.1. The van der Waals surface area contributed by atoms with Crippen molar-refractivity contribution in [2.45, 2.75) is 19.4 Å². The zero-order valence-electron chi connectivity index (χ0n) is 18.3. The largest absolute Gasteiger partial charge is 0.341 e. The highest BCUT2D eigenvalue weighted by atomic mass is 16.2. The minimum atomic E-state index is 0.0580. The molecule has 0 unspecified atom stereocenters. The fourth-order valence-corrected chi connectivity index (χ4v) is 4.51. The third kappa shape index (κ3) is 3.63. The summed E-state index contributed by atoms with van der Waals surface area (Å²) in [7, 11) is 1.81. The third-order valence-corrected chi connectivity index (χ3v) is 6.25. The number of carbonyl (C=O) groups excluding carboxylic acids is 1. The van der Waals surface area contributed by atoms with Crippen LogP contribution in [0.3, 0.4) is 0 Å². The predicted molar refractivity (Wildman–Crippen MR) is 128 cm³/mol. The minimum Gasteiger partial charge on any atom is -0.341 e. The lowest BCUT2D eigenvalue weighted by atomic mass is 10.1. The van der Waals surface area contributed by atoms with Gasteiger partial charge in [0.25, 0.3) is 5.91 Å². The van der Waals surface area contributed by atoms with E-state index < -0.39 is 0 Å². The quantitative estimate of drug-likeness (QED) is 0.516. The molecule has 0 saturated carbocycles. The Morgan fingerprint density at radius 1 is 0.970 bits per heavy atom. The highest BCUT2D eigenvalue weighted by molar-refractivity contribution is 5.98. The molecule has 0 bridgehead atoms. The number of anilines is 3. The SMILES string of the molecule is CN1Cc2cc(Nc3nccc(-c4ccc5nc(N6CCCC6)ncc5c4)n3)ccc2C1=O. The molecule has 4 aromatic rings. The fraction of sp³-hybridized carbons (Fsp3) is 0.240. The van der Waals surface area contributed by atoms with Crippen LogP contribution in [-0.4, -0.2) is 50.9 Å². The molecular weight excluding hydrogens is 414 g/mol. The van der Waals surface area contributed by atoms with E-state index in [-0.39, 0.29) is 5.91 Å². The number of nitrogens with zero attached hydrogens (tertiary/aromatic N) is 6. The fourth-order valence-electron chi connectivity index (χ4n) is 4.51. The van der Waals surface area contributed by atoms with Crippen LogP contribution in [0.15, 0.2) is 54.9 Å². The Hall–Kier alpha value is -4.07. The molecule has 0 atom stereocenters. The van der Waals surface area contributed by atoms with Crippen LogP contribution in [0.5, 0.6) is 0 Å². The van der Waals surface area contributed by atoms with Crippen LogP contribution in [0.1, 0.15) is 28.8 Å². The van der Waals surface area contributed by atoms with Gasteiger partial charge in [-0.2, -0.15) is 0 Å². The summed E-state index contributed by atoms with van der Waals surface area (Å²) in [5.74, 6) is 1.37. The first-order chi connectivity index (χ1) is 16.1. The summed E-state index contributed by atoms with van der Waals surface area (Å²) >= 11 is 0. The minimum absolute atomic E-state index is 0.0580. The van der Waals surface area contributed by atoms with Crippen molar-refractivity contribution in [3.8, 4) is 11.3 Å². The maximum Gasteiger partial charge on any atom is 0.254 e. The van der Waals surface area contributed by atoms with Gasteiger partial charge in [-0.15, -0.1) is 0 Å². The smallest absolute Gasteiger partial charge is 0.254 e. The van der Waals surface area contributed by atoms with Crippen LogP contribution < -0.4 is 10.2 Å². The summed E-state index contributed by atoms with van der Waals surface area (Å²) in [6.45, 7) is 2.66. The van der Waals surface area contributed by atoms with E-state index in [4.69, 9.17) is 9.97 Å². The van der Waals surface area contributed by atoms with Gasteiger partial charge in [-0.1, -0.05) is 6.07 Å². The Bertz CT molecular complexity index is 1380. The van der Waals surface area contributed by atoms with Gasteiger partial charge in [0, 0.05) is 61.3 Å². The van der Waals surface area contributed by atoms with Crippen molar-refractivity contribution in [2.75, 3.05) is 30.4 Å². The summed E-state index contributed by atoms with van der Waals surface area (Å²) in [6.07, 6.45) is 6.03. The summed E-state index contributed by atoms with van der Waals surface area (Å²) < 4.78 is 0. The summed E-state index contributed by atoms with van der Waals surface area (Å²) in [5.41, 5.74) is 5.34. The van der Waals surface area contributed by atoms with Crippen LogP contribution in [0, 0.1) is 0 Å². The molecule has 1 fully saturated rings. The van der Waals surface area contributed by atoms with Gasteiger partial charge in [0.2, 0.25) is 11.9 Å². The Kier molecular flexibility index (Phi) is 4.64. The van der Waals surface area contributed by atoms with Crippen molar-refractivity contribution in [1.82, 2.24) is 24.8 Å². The number of amides is 1. The van der Waals surface area contributed by atoms with Gasteiger partial charge in [0.1, 0.15) is 0 Å². The Labute approximate surface area is 191 Å². The number of benzene rings is 2. The lowest BCUT2D eigenvalue weighted by Crippen LogP contribution is -2.20. The zero-order chi connectivity index (χ0) is 22.4. The number of rotatable bonds is 4. The standard InChI is InChI=1S/C25H23N7O/c1-31-15-18-13-19(5-6-20(18)23(31)33)28-24-26-9-8-22(29-24)16-4-7-21-17(12-16)14-27-25(30-21)32-10-2-3-11-32/h4-9,12-14H,2-3,10-11,15H2,1H3,(H,26,28,29). The summed E-state index contributed by atoms with van der Waals surface area (Å²) in [6, 6.07) is 13.7.